The summed E-state index contributed by atoms with van der Waals surface area (Å²) in [7, 11) is 0. The maximum absolute atomic E-state index is 11.2. The Balaban J connectivity index is 3.19. The average molecular weight is 183 g/mol. The van der Waals surface area contributed by atoms with Gasteiger partial charge in [0.05, 0.1) is 6.54 Å². The third-order valence-electron chi connectivity index (χ3n) is 1.80. The summed E-state index contributed by atoms with van der Waals surface area (Å²) in [6.07, 6.45) is 0. The van der Waals surface area contributed by atoms with E-state index in [0.717, 1.165) is 0 Å². The predicted octanol–water partition coefficient (Wildman–Crippen LogP) is -0.0322. The second-order valence-electron chi connectivity index (χ2n) is 3.15. The van der Waals surface area contributed by atoms with Crippen LogP contribution in [-0.2, 0) is 0 Å². The number of Topliss-reactive ketones (excluding diaryl/α,β-unsaturated/α-hetero) is 1. The summed E-state index contributed by atoms with van der Waals surface area (Å²) in [5, 5.41) is 0. The molecular formula is C8H13N3O2. The Bertz CT molecular complexity index is 362. The Morgan fingerprint density at radius 3 is 2.54 bits per heavy atom. The third kappa shape index (κ3) is 1.86. The monoisotopic (exact) mass is 183 g/mol. The minimum Gasteiger partial charge on any atom is -0.324 e. The molecule has 0 fully saturated rings. The van der Waals surface area contributed by atoms with Crippen LogP contribution in [-0.4, -0.2) is 22.3 Å². The van der Waals surface area contributed by atoms with Crippen molar-refractivity contribution in [3.8, 4) is 0 Å². The normalized spacial score (nSPS) is 10.8. The van der Waals surface area contributed by atoms with Gasteiger partial charge in [0.1, 0.15) is 5.69 Å². The minimum atomic E-state index is -0.361. The Labute approximate surface area is 75.3 Å². The lowest BCUT2D eigenvalue weighted by molar-refractivity contribution is 0.0995. The number of carbonyl (C=O) groups excluding carboxylic acids is 1. The highest BCUT2D eigenvalue weighted by molar-refractivity contribution is 5.96. The molecule has 0 unspecified atom stereocenters. The quantitative estimate of drug-likeness (QED) is 0.574. The Kier molecular flexibility index (Phi) is 2.67. The molecule has 0 aliphatic carbocycles. The number of aromatic amines is 2. The Morgan fingerprint density at radius 1 is 1.46 bits per heavy atom. The molecule has 13 heavy (non-hydrogen) atoms. The van der Waals surface area contributed by atoms with Crippen LogP contribution in [0.4, 0.5) is 0 Å². The van der Waals surface area contributed by atoms with Gasteiger partial charge < -0.3 is 15.7 Å². The third-order valence-corrected chi connectivity index (χ3v) is 1.80. The van der Waals surface area contributed by atoms with Gasteiger partial charge in [0, 0.05) is 5.69 Å². The van der Waals surface area contributed by atoms with E-state index >= 15 is 0 Å². The van der Waals surface area contributed by atoms with E-state index in [1.54, 1.807) is 0 Å². The first-order chi connectivity index (χ1) is 6.06. The highest BCUT2D eigenvalue weighted by atomic mass is 16.1. The van der Waals surface area contributed by atoms with Gasteiger partial charge in [0.2, 0.25) is 0 Å². The molecule has 1 aromatic rings. The van der Waals surface area contributed by atoms with E-state index in [2.05, 4.69) is 9.97 Å². The summed E-state index contributed by atoms with van der Waals surface area (Å²) in [5.41, 5.74) is 5.77. The van der Waals surface area contributed by atoms with E-state index in [0.29, 0.717) is 11.4 Å². The molecule has 0 aromatic carbocycles. The summed E-state index contributed by atoms with van der Waals surface area (Å²) in [6.45, 7) is 3.70. The van der Waals surface area contributed by atoms with E-state index in [9.17, 15) is 9.59 Å². The van der Waals surface area contributed by atoms with Gasteiger partial charge in [-0.3, -0.25) is 4.79 Å². The van der Waals surface area contributed by atoms with Crippen LogP contribution in [0.3, 0.4) is 0 Å². The number of nitrogens with one attached hydrogen (secondary N) is 2. The van der Waals surface area contributed by atoms with E-state index < -0.39 is 0 Å². The fourth-order valence-corrected chi connectivity index (χ4v) is 1.15. The second-order valence-corrected chi connectivity index (χ2v) is 3.15. The summed E-state index contributed by atoms with van der Waals surface area (Å²) in [5.74, 6) is -0.147. The summed E-state index contributed by atoms with van der Waals surface area (Å²) in [4.78, 5) is 27.2. The van der Waals surface area contributed by atoms with Gasteiger partial charge in [-0.1, -0.05) is 13.8 Å². The lowest BCUT2D eigenvalue weighted by Gasteiger charge is -2.03. The number of aromatic nitrogens is 2. The van der Waals surface area contributed by atoms with Crippen molar-refractivity contribution in [3.05, 3.63) is 21.9 Å². The average Bonchev–Trinajstić information content (AvgIpc) is 2.46. The molecule has 0 radical (unpaired) electrons. The van der Waals surface area contributed by atoms with Gasteiger partial charge in [0.25, 0.3) is 0 Å². The molecule has 0 atom stereocenters. The van der Waals surface area contributed by atoms with Crippen LogP contribution in [0.1, 0.15) is 35.9 Å². The van der Waals surface area contributed by atoms with Crippen LogP contribution in [0, 0.1) is 0 Å². The maximum atomic E-state index is 11.2. The van der Waals surface area contributed by atoms with Gasteiger partial charge in [-0.05, 0) is 5.92 Å². The Hall–Kier alpha value is -1.36. The van der Waals surface area contributed by atoms with Gasteiger partial charge in [0.15, 0.2) is 5.78 Å². The fourth-order valence-electron chi connectivity index (χ4n) is 1.15. The van der Waals surface area contributed by atoms with Crippen molar-refractivity contribution in [1.82, 2.24) is 9.97 Å². The van der Waals surface area contributed by atoms with E-state index in [4.69, 9.17) is 5.73 Å². The number of carbonyl (C=O) groups is 1. The standard InChI is InChI=1S/C8H13N3O2/c1-4(2)6-7(5(12)3-9)11-8(13)10-6/h4H,3,9H2,1-2H3,(H2,10,11,13). The SMILES string of the molecule is CC(C)c1[nH]c(=O)[nH]c1C(=O)CN. The number of hydrogen-bond acceptors (Lipinski definition) is 3. The maximum Gasteiger partial charge on any atom is 0.323 e. The molecule has 1 aromatic heterocycles. The highest BCUT2D eigenvalue weighted by Gasteiger charge is 2.15. The first-order valence-corrected chi connectivity index (χ1v) is 4.11. The molecular weight excluding hydrogens is 170 g/mol. The number of imidazole rings is 1. The molecule has 0 amide bonds. The van der Waals surface area contributed by atoms with Crippen molar-refractivity contribution in [2.45, 2.75) is 19.8 Å². The molecule has 0 saturated heterocycles. The van der Waals surface area contributed by atoms with Crippen LogP contribution in [0.15, 0.2) is 4.79 Å². The highest BCUT2D eigenvalue weighted by Crippen LogP contribution is 2.13. The molecule has 5 nitrogen and oxygen atoms in total. The van der Waals surface area contributed by atoms with Crippen molar-refractivity contribution in [2.24, 2.45) is 5.73 Å². The van der Waals surface area contributed by atoms with E-state index in [-0.39, 0.29) is 23.9 Å². The number of H-pyrrole nitrogens is 2. The van der Waals surface area contributed by atoms with Crippen molar-refractivity contribution < 1.29 is 4.79 Å². The van der Waals surface area contributed by atoms with E-state index in [1.165, 1.54) is 0 Å². The number of ketones is 1. The van der Waals surface area contributed by atoms with Crippen LogP contribution < -0.4 is 11.4 Å². The summed E-state index contributed by atoms with van der Waals surface area (Å²) < 4.78 is 0. The van der Waals surface area contributed by atoms with Gasteiger partial charge in [-0.2, -0.15) is 0 Å². The lowest BCUT2D eigenvalue weighted by atomic mass is 10.1. The van der Waals surface area contributed by atoms with Gasteiger partial charge in [-0.25, -0.2) is 4.79 Å². The van der Waals surface area contributed by atoms with Crippen molar-refractivity contribution in [1.29, 1.82) is 0 Å². The molecule has 0 aliphatic rings. The van der Waals surface area contributed by atoms with Crippen LogP contribution >= 0.6 is 0 Å². The number of hydrogen-bond donors (Lipinski definition) is 3. The lowest BCUT2D eigenvalue weighted by Crippen LogP contribution is -2.16. The first kappa shape index (κ1) is 9.73. The predicted molar refractivity (Wildman–Crippen MR) is 48.9 cm³/mol. The van der Waals surface area contributed by atoms with Gasteiger partial charge >= 0.3 is 5.69 Å². The van der Waals surface area contributed by atoms with Gasteiger partial charge in [-0.15, -0.1) is 0 Å². The Morgan fingerprint density at radius 2 is 2.08 bits per heavy atom. The van der Waals surface area contributed by atoms with Crippen LogP contribution in [0.5, 0.6) is 0 Å². The summed E-state index contributed by atoms with van der Waals surface area (Å²) >= 11 is 0. The molecule has 5 heteroatoms. The largest absolute Gasteiger partial charge is 0.324 e. The molecule has 1 rings (SSSR count). The van der Waals surface area contributed by atoms with Crippen LogP contribution in [0.25, 0.3) is 0 Å². The fraction of sp³-hybridized carbons (Fsp3) is 0.500. The number of nitrogens with two attached hydrogens (primary N) is 1. The smallest absolute Gasteiger partial charge is 0.323 e. The zero-order valence-corrected chi connectivity index (χ0v) is 7.68. The zero-order valence-electron chi connectivity index (χ0n) is 7.68. The molecule has 1 heterocycles. The molecule has 0 spiro atoms. The molecule has 4 N–H and O–H groups in total. The molecule has 0 aliphatic heterocycles. The zero-order chi connectivity index (χ0) is 10.0. The molecule has 0 bridgehead atoms. The van der Waals surface area contributed by atoms with Crippen molar-refractivity contribution in [2.75, 3.05) is 6.54 Å². The second kappa shape index (κ2) is 3.57. The van der Waals surface area contributed by atoms with Crippen LogP contribution in [0.2, 0.25) is 0 Å². The topological polar surface area (TPSA) is 91.7 Å². The summed E-state index contributed by atoms with van der Waals surface area (Å²) in [6, 6.07) is 0. The molecule has 72 valence electrons. The first-order valence-electron chi connectivity index (χ1n) is 4.11. The van der Waals surface area contributed by atoms with E-state index in [1.807, 2.05) is 13.8 Å². The molecule has 0 saturated carbocycles. The number of rotatable bonds is 3. The van der Waals surface area contributed by atoms with Crippen molar-refractivity contribution >= 4 is 5.78 Å². The van der Waals surface area contributed by atoms with Crippen molar-refractivity contribution in [3.63, 3.8) is 0 Å². The minimum absolute atomic E-state index is 0.0898.